The molecule has 0 bridgehead atoms. The molecule has 1 aromatic carbocycles. The van der Waals surface area contributed by atoms with Crippen LogP contribution in [0.15, 0.2) is 33.9 Å². The van der Waals surface area contributed by atoms with Crippen molar-refractivity contribution >= 4 is 15.9 Å². The third-order valence-corrected chi connectivity index (χ3v) is 2.44. The van der Waals surface area contributed by atoms with Gasteiger partial charge >= 0.3 is 0 Å². The van der Waals surface area contributed by atoms with E-state index in [4.69, 9.17) is 5.53 Å². The van der Waals surface area contributed by atoms with Gasteiger partial charge in [0.2, 0.25) is 0 Å². The molecular formula is C9H10BrN3O. The Balaban J connectivity index is 2.91. The van der Waals surface area contributed by atoms with Gasteiger partial charge in [-0.15, -0.1) is 0 Å². The van der Waals surface area contributed by atoms with Crippen molar-refractivity contribution in [1.82, 2.24) is 0 Å². The number of halogens is 1. The highest BCUT2D eigenvalue weighted by molar-refractivity contribution is 9.10. The summed E-state index contributed by atoms with van der Waals surface area (Å²) in [6, 6.07) is 7.24. The van der Waals surface area contributed by atoms with Gasteiger partial charge in [-0.25, -0.2) is 0 Å². The highest BCUT2D eigenvalue weighted by atomic mass is 79.9. The zero-order chi connectivity index (χ0) is 10.6. The Kier molecular flexibility index (Phi) is 3.52. The number of azide groups is 1. The zero-order valence-electron chi connectivity index (χ0n) is 7.68. The Bertz CT molecular complexity index is 355. The van der Waals surface area contributed by atoms with Crippen LogP contribution in [0.4, 0.5) is 0 Å². The van der Waals surface area contributed by atoms with Gasteiger partial charge < -0.3 is 5.11 Å². The second kappa shape index (κ2) is 4.46. The van der Waals surface area contributed by atoms with Crippen molar-refractivity contribution in [2.45, 2.75) is 12.5 Å². The topological polar surface area (TPSA) is 69.0 Å². The lowest BCUT2D eigenvalue weighted by Gasteiger charge is -2.21. The molecule has 4 nitrogen and oxygen atoms in total. The lowest BCUT2D eigenvalue weighted by Crippen LogP contribution is -2.24. The average molecular weight is 256 g/mol. The van der Waals surface area contributed by atoms with E-state index in [1.54, 1.807) is 19.1 Å². The molecule has 14 heavy (non-hydrogen) atoms. The maximum atomic E-state index is 9.93. The second-order valence-electron chi connectivity index (χ2n) is 3.17. The Morgan fingerprint density at radius 2 is 2.07 bits per heavy atom. The van der Waals surface area contributed by atoms with E-state index in [0.29, 0.717) is 0 Å². The highest BCUT2D eigenvalue weighted by Crippen LogP contribution is 2.22. The van der Waals surface area contributed by atoms with Gasteiger partial charge in [0.25, 0.3) is 0 Å². The van der Waals surface area contributed by atoms with Crippen LogP contribution in [0, 0.1) is 0 Å². The molecule has 1 unspecified atom stereocenters. The third kappa shape index (κ3) is 2.73. The molecule has 0 saturated heterocycles. The standard InChI is InChI=1S/C9H10BrN3O/c1-9(14,6-12-13-11)7-2-4-8(10)5-3-7/h2-5,14H,6H2,1H3. The van der Waals surface area contributed by atoms with Crippen LogP contribution in [-0.4, -0.2) is 11.7 Å². The van der Waals surface area contributed by atoms with Crippen molar-refractivity contribution in [2.75, 3.05) is 6.54 Å². The van der Waals surface area contributed by atoms with Crippen LogP contribution >= 0.6 is 15.9 Å². The fourth-order valence-electron chi connectivity index (χ4n) is 1.07. The second-order valence-corrected chi connectivity index (χ2v) is 4.09. The number of aliphatic hydroxyl groups is 1. The molecule has 0 aliphatic heterocycles. The predicted molar refractivity (Wildman–Crippen MR) is 57.7 cm³/mol. The fraction of sp³-hybridized carbons (Fsp3) is 0.333. The normalized spacial score (nSPS) is 14.2. The summed E-state index contributed by atoms with van der Waals surface area (Å²) in [5.41, 5.74) is 7.79. The van der Waals surface area contributed by atoms with Gasteiger partial charge in [-0.3, -0.25) is 0 Å². The maximum Gasteiger partial charge on any atom is 0.0924 e. The van der Waals surface area contributed by atoms with Crippen LogP contribution < -0.4 is 0 Å². The van der Waals surface area contributed by atoms with Gasteiger partial charge in [-0.2, -0.15) is 0 Å². The minimum atomic E-state index is -1.10. The van der Waals surface area contributed by atoms with Crippen LogP contribution in [0.25, 0.3) is 10.4 Å². The largest absolute Gasteiger partial charge is 0.385 e. The van der Waals surface area contributed by atoms with Crippen molar-refractivity contribution in [1.29, 1.82) is 0 Å². The molecule has 0 fully saturated rings. The van der Waals surface area contributed by atoms with Crippen molar-refractivity contribution in [3.63, 3.8) is 0 Å². The van der Waals surface area contributed by atoms with Gasteiger partial charge in [0.05, 0.1) is 12.1 Å². The van der Waals surface area contributed by atoms with E-state index in [2.05, 4.69) is 26.0 Å². The molecule has 1 aromatic rings. The Morgan fingerprint density at radius 3 is 2.57 bits per heavy atom. The molecule has 0 amide bonds. The van der Waals surface area contributed by atoms with E-state index in [1.807, 2.05) is 12.1 Å². The predicted octanol–water partition coefficient (Wildman–Crippen LogP) is 2.97. The summed E-state index contributed by atoms with van der Waals surface area (Å²) < 4.78 is 0.945. The lowest BCUT2D eigenvalue weighted by molar-refractivity contribution is 0.0669. The minimum absolute atomic E-state index is 0.0329. The molecule has 1 rings (SSSR count). The van der Waals surface area contributed by atoms with Crippen molar-refractivity contribution in [2.24, 2.45) is 5.11 Å². The molecule has 0 spiro atoms. The molecule has 74 valence electrons. The van der Waals surface area contributed by atoms with Gasteiger partial charge in [0.1, 0.15) is 0 Å². The van der Waals surface area contributed by atoms with Crippen molar-refractivity contribution in [3.05, 3.63) is 44.7 Å². The summed E-state index contributed by atoms with van der Waals surface area (Å²) >= 11 is 3.30. The molecule has 0 aliphatic carbocycles. The number of hydrogen-bond donors (Lipinski definition) is 1. The molecule has 0 heterocycles. The molecule has 1 N–H and O–H groups in total. The van der Waals surface area contributed by atoms with Gasteiger partial charge in [0.15, 0.2) is 0 Å². The van der Waals surface area contributed by atoms with Crippen molar-refractivity contribution in [3.8, 4) is 0 Å². The smallest absolute Gasteiger partial charge is 0.0924 e. The summed E-state index contributed by atoms with van der Waals surface area (Å²) in [6.07, 6.45) is 0. The van der Waals surface area contributed by atoms with Crippen LogP contribution in [0.5, 0.6) is 0 Å². The lowest BCUT2D eigenvalue weighted by atomic mass is 9.96. The Labute approximate surface area is 90.3 Å². The molecule has 0 saturated carbocycles. The van der Waals surface area contributed by atoms with Crippen molar-refractivity contribution < 1.29 is 5.11 Å². The SMILES string of the molecule is CC(O)(CN=[N+]=[N-])c1ccc(Br)cc1. The van der Waals surface area contributed by atoms with E-state index in [0.717, 1.165) is 10.0 Å². The van der Waals surface area contributed by atoms with E-state index < -0.39 is 5.60 Å². The van der Waals surface area contributed by atoms with E-state index in [-0.39, 0.29) is 6.54 Å². The van der Waals surface area contributed by atoms with Crippen LogP contribution in [-0.2, 0) is 5.60 Å². The fourth-order valence-corrected chi connectivity index (χ4v) is 1.33. The van der Waals surface area contributed by atoms with Gasteiger partial charge in [0, 0.05) is 9.38 Å². The third-order valence-electron chi connectivity index (χ3n) is 1.91. The Hall–Kier alpha value is -1.03. The first-order valence-electron chi connectivity index (χ1n) is 4.05. The first kappa shape index (κ1) is 11.0. The molecule has 0 radical (unpaired) electrons. The summed E-state index contributed by atoms with van der Waals surface area (Å²) in [7, 11) is 0. The summed E-state index contributed by atoms with van der Waals surface area (Å²) in [5.74, 6) is 0. The number of rotatable bonds is 3. The monoisotopic (exact) mass is 255 g/mol. The van der Waals surface area contributed by atoms with Gasteiger partial charge in [-0.05, 0) is 30.2 Å². The van der Waals surface area contributed by atoms with E-state index in [1.165, 1.54) is 0 Å². The molecule has 0 aromatic heterocycles. The molecular weight excluding hydrogens is 246 g/mol. The Morgan fingerprint density at radius 1 is 1.50 bits per heavy atom. The van der Waals surface area contributed by atoms with E-state index >= 15 is 0 Å². The minimum Gasteiger partial charge on any atom is -0.385 e. The summed E-state index contributed by atoms with van der Waals surface area (Å²) in [4.78, 5) is 2.62. The number of hydrogen-bond acceptors (Lipinski definition) is 2. The highest BCUT2D eigenvalue weighted by Gasteiger charge is 2.21. The average Bonchev–Trinajstić information content (AvgIpc) is 2.16. The molecule has 0 aliphatic rings. The van der Waals surface area contributed by atoms with Crippen LogP contribution in [0.2, 0.25) is 0 Å². The maximum absolute atomic E-state index is 9.93. The quantitative estimate of drug-likeness (QED) is 0.504. The van der Waals surface area contributed by atoms with E-state index in [9.17, 15) is 5.11 Å². The zero-order valence-corrected chi connectivity index (χ0v) is 9.27. The number of benzene rings is 1. The molecule has 1 atom stereocenters. The van der Waals surface area contributed by atoms with Gasteiger partial charge in [-0.1, -0.05) is 33.2 Å². The van der Waals surface area contributed by atoms with Crippen LogP contribution in [0.1, 0.15) is 12.5 Å². The summed E-state index contributed by atoms with van der Waals surface area (Å²) in [5, 5.41) is 13.3. The number of nitrogens with zero attached hydrogens (tertiary/aromatic N) is 3. The molecule has 5 heteroatoms. The first-order chi connectivity index (χ1) is 6.56. The summed E-state index contributed by atoms with van der Waals surface area (Å²) in [6.45, 7) is 1.65. The van der Waals surface area contributed by atoms with Crippen LogP contribution in [0.3, 0.4) is 0 Å². The first-order valence-corrected chi connectivity index (χ1v) is 4.85.